The molecule has 0 radical (unpaired) electrons. The van der Waals surface area contributed by atoms with Gasteiger partial charge in [0.15, 0.2) is 0 Å². The molecule has 1 aliphatic heterocycles. The zero-order chi connectivity index (χ0) is 20.3. The van der Waals surface area contributed by atoms with E-state index in [2.05, 4.69) is 5.32 Å². The van der Waals surface area contributed by atoms with E-state index in [4.69, 9.17) is 4.74 Å². The molecule has 4 aromatic carbocycles. The third kappa shape index (κ3) is 3.40. The minimum Gasteiger partial charge on any atom is -0.457 e. The van der Waals surface area contributed by atoms with Crippen molar-refractivity contribution in [3.63, 3.8) is 0 Å². The average Bonchev–Trinajstić information content (AvgIpc) is 2.81. The molecule has 146 valence electrons. The number of ether oxygens (including phenoxy) is 1. The Bertz CT molecular complexity index is 1160. The van der Waals surface area contributed by atoms with Gasteiger partial charge in [-0.2, -0.15) is 0 Å². The maximum atomic E-state index is 13.4. The third-order valence-corrected chi connectivity index (χ3v) is 5.14. The normalized spacial score (nSPS) is 15.3. The highest BCUT2D eigenvalue weighted by molar-refractivity contribution is 6.12. The monoisotopic (exact) mass is 392 g/mol. The first-order chi connectivity index (χ1) is 14.8. The zero-order valence-electron chi connectivity index (χ0n) is 16.2. The molecule has 1 heterocycles. The number of hydrogen-bond acceptors (Lipinski definition) is 3. The summed E-state index contributed by atoms with van der Waals surface area (Å²) in [7, 11) is 0. The summed E-state index contributed by atoms with van der Waals surface area (Å²) in [6, 6.07) is 34.9. The van der Waals surface area contributed by atoms with E-state index in [0.717, 1.165) is 28.4 Å². The van der Waals surface area contributed by atoms with Gasteiger partial charge in [0.1, 0.15) is 17.7 Å². The van der Waals surface area contributed by atoms with Gasteiger partial charge < -0.3 is 10.1 Å². The fourth-order valence-corrected chi connectivity index (χ4v) is 3.69. The van der Waals surface area contributed by atoms with E-state index in [9.17, 15) is 4.79 Å². The summed E-state index contributed by atoms with van der Waals surface area (Å²) in [5.74, 6) is 1.46. The lowest BCUT2D eigenvalue weighted by molar-refractivity contribution is 0.0975. The van der Waals surface area contributed by atoms with Crippen molar-refractivity contribution >= 4 is 17.3 Å². The number of nitrogens with one attached hydrogen (secondary N) is 1. The van der Waals surface area contributed by atoms with Crippen molar-refractivity contribution < 1.29 is 9.53 Å². The predicted molar refractivity (Wildman–Crippen MR) is 119 cm³/mol. The van der Waals surface area contributed by atoms with Gasteiger partial charge >= 0.3 is 0 Å². The van der Waals surface area contributed by atoms with Crippen LogP contribution in [0.25, 0.3) is 0 Å². The van der Waals surface area contributed by atoms with Gasteiger partial charge in [-0.15, -0.1) is 0 Å². The van der Waals surface area contributed by atoms with Crippen LogP contribution in [0.2, 0.25) is 0 Å². The summed E-state index contributed by atoms with van der Waals surface area (Å²) in [6.45, 7) is 0. The first-order valence-electron chi connectivity index (χ1n) is 9.87. The number of nitrogens with zero attached hydrogens (tertiary/aromatic N) is 1. The van der Waals surface area contributed by atoms with Crippen LogP contribution in [0.15, 0.2) is 109 Å². The molecule has 30 heavy (non-hydrogen) atoms. The minimum absolute atomic E-state index is 0.0325. The average molecular weight is 392 g/mol. The lowest BCUT2D eigenvalue weighted by Gasteiger charge is -2.38. The molecule has 1 N–H and O–H groups in total. The van der Waals surface area contributed by atoms with Crippen molar-refractivity contribution in [2.24, 2.45) is 0 Å². The predicted octanol–water partition coefficient (Wildman–Crippen LogP) is 6.25. The molecule has 0 saturated carbocycles. The molecule has 0 aromatic heterocycles. The van der Waals surface area contributed by atoms with E-state index in [1.165, 1.54) is 0 Å². The molecule has 0 spiro atoms. The molecule has 1 aliphatic rings. The molecule has 0 fully saturated rings. The van der Waals surface area contributed by atoms with Gasteiger partial charge in [0.05, 0.1) is 5.56 Å². The van der Waals surface area contributed by atoms with Crippen LogP contribution in [0.4, 0.5) is 11.4 Å². The SMILES string of the molecule is O=C1c2ccccc2NC(c2ccccc2)N1c1ccc(Oc2ccccc2)cc1. The number of fused-ring (bicyclic) bond motifs is 1. The topological polar surface area (TPSA) is 41.6 Å². The Kier molecular flexibility index (Phi) is 4.66. The number of carbonyl (C=O) groups is 1. The van der Waals surface area contributed by atoms with Crippen molar-refractivity contribution in [3.8, 4) is 11.5 Å². The van der Waals surface area contributed by atoms with Gasteiger partial charge in [-0.05, 0) is 54.1 Å². The molecule has 1 atom stereocenters. The van der Waals surface area contributed by atoms with Crippen LogP contribution in [0.3, 0.4) is 0 Å². The molecule has 4 nitrogen and oxygen atoms in total. The first-order valence-corrected chi connectivity index (χ1v) is 9.87. The Balaban J connectivity index is 1.51. The molecule has 1 amide bonds. The van der Waals surface area contributed by atoms with Gasteiger partial charge in [-0.3, -0.25) is 9.69 Å². The highest BCUT2D eigenvalue weighted by Gasteiger charge is 2.33. The van der Waals surface area contributed by atoms with E-state index in [-0.39, 0.29) is 12.1 Å². The second-order valence-corrected chi connectivity index (χ2v) is 7.09. The van der Waals surface area contributed by atoms with E-state index >= 15 is 0 Å². The van der Waals surface area contributed by atoms with E-state index in [0.29, 0.717) is 5.56 Å². The summed E-state index contributed by atoms with van der Waals surface area (Å²) >= 11 is 0. The summed E-state index contributed by atoms with van der Waals surface area (Å²) < 4.78 is 5.90. The van der Waals surface area contributed by atoms with Crippen LogP contribution < -0.4 is 15.0 Å². The molecular weight excluding hydrogens is 372 g/mol. The molecular formula is C26H20N2O2. The highest BCUT2D eigenvalue weighted by atomic mass is 16.5. The number of amides is 1. The Hall–Kier alpha value is -4.05. The van der Waals surface area contributed by atoms with Crippen LogP contribution in [-0.4, -0.2) is 5.91 Å². The maximum absolute atomic E-state index is 13.4. The van der Waals surface area contributed by atoms with Crippen LogP contribution in [0.5, 0.6) is 11.5 Å². The van der Waals surface area contributed by atoms with Crippen molar-refractivity contribution in [2.75, 3.05) is 10.2 Å². The molecule has 0 bridgehead atoms. The Morgan fingerprint density at radius 3 is 2.00 bits per heavy atom. The smallest absolute Gasteiger partial charge is 0.262 e. The minimum atomic E-state index is -0.297. The third-order valence-electron chi connectivity index (χ3n) is 5.14. The Morgan fingerprint density at radius 2 is 1.27 bits per heavy atom. The van der Waals surface area contributed by atoms with Gasteiger partial charge in [0.25, 0.3) is 5.91 Å². The van der Waals surface area contributed by atoms with Gasteiger partial charge in [-0.25, -0.2) is 0 Å². The molecule has 1 unspecified atom stereocenters. The number of anilines is 2. The maximum Gasteiger partial charge on any atom is 0.262 e. The largest absolute Gasteiger partial charge is 0.457 e. The summed E-state index contributed by atoms with van der Waals surface area (Å²) in [5.41, 5.74) is 3.33. The molecule has 5 rings (SSSR count). The van der Waals surface area contributed by atoms with Crippen molar-refractivity contribution in [1.82, 2.24) is 0 Å². The van der Waals surface area contributed by atoms with Gasteiger partial charge in [-0.1, -0.05) is 60.7 Å². The number of benzene rings is 4. The van der Waals surface area contributed by atoms with Crippen LogP contribution in [0.1, 0.15) is 22.1 Å². The molecule has 0 saturated heterocycles. The first kappa shape index (κ1) is 18.0. The lowest BCUT2D eigenvalue weighted by Crippen LogP contribution is -2.43. The van der Waals surface area contributed by atoms with Crippen LogP contribution in [-0.2, 0) is 0 Å². The fourth-order valence-electron chi connectivity index (χ4n) is 3.69. The Morgan fingerprint density at radius 1 is 0.667 bits per heavy atom. The van der Waals surface area contributed by atoms with E-state index in [1.807, 2.05) is 109 Å². The number of hydrogen-bond donors (Lipinski definition) is 1. The Labute approximate surface area is 175 Å². The summed E-state index contributed by atoms with van der Waals surface area (Å²) in [5, 5.41) is 3.52. The second-order valence-electron chi connectivity index (χ2n) is 7.09. The van der Waals surface area contributed by atoms with E-state index in [1.54, 1.807) is 4.90 Å². The second kappa shape index (κ2) is 7.76. The molecule has 4 heteroatoms. The van der Waals surface area contributed by atoms with Gasteiger partial charge in [0, 0.05) is 11.4 Å². The number of carbonyl (C=O) groups excluding carboxylic acids is 1. The zero-order valence-corrected chi connectivity index (χ0v) is 16.2. The quantitative estimate of drug-likeness (QED) is 0.446. The number of rotatable bonds is 4. The van der Waals surface area contributed by atoms with E-state index < -0.39 is 0 Å². The molecule has 4 aromatic rings. The highest BCUT2D eigenvalue weighted by Crippen LogP contribution is 2.37. The van der Waals surface area contributed by atoms with Crippen molar-refractivity contribution in [2.45, 2.75) is 6.17 Å². The summed E-state index contributed by atoms with van der Waals surface area (Å²) in [4.78, 5) is 15.2. The summed E-state index contributed by atoms with van der Waals surface area (Å²) in [6.07, 6.45) is -0.297. The molecule has 0 aliphatic carbocycles. The van der Waals surface area contributed by atoms with Crippen LogP contribution >= 0.6 is 0 Å². The number of para-hydroxylation sites is 2. The van der Waals surface area contributed by atoms with Crippen molar-refractivity contribution in [1.29, 1.82) is 0 Å². The van der Waals surface area contributed by atoms with Crippen LogP contribution in [0, 0.1) is 0 Å². The standard InChI is InChI=1S/C26H20N2O2/c29-26-23-13-7-8-14-24(23)27-25(19-9-3-1-4-10-19)28(26)20-15-17-22(18-16-20)30-21-11-5-2-6-12-21/h1-18,25,27H. The lowest BCUT2D eigenvalue weighted by atomic mass is 10.0. The van der Waals surface area contributed by atoms with Crippen molar-refractivity contribution in [3.05, 3.63) is 120 Å². The fraction of sp³-hybridized carbons (Fsp3) is 0.0385. The van der Waals surface area contributed by atoms with Gasteiger partial charge in [0.2, 0.25) is 0 Å².